The van der Waals surface area contributed by atoms with Crippen molar-refractivity contribution < 1.29 is 9.53 Å². The zero-order valence-corrected chi connectivity index (χ0v) is 16.4. The second-order valence-electron chi connectivity index (χ2n) is 7.72. The van der Waals surface area contributed by atoms with Gasteiger partial charge in [0.05, 0.1) is 13.7 Å². The molecule has 1 aliphatic rings. The van der Waals surface area contributed by atoms with Gasteiger partial charge < -0.3 is 10.1 Å². The molecule has 0 saturated carbocycles. The van der Waals surface area contributed by atoms with Gasteiger partial charge in [-0.05, 0) is 48.1 Å². The van der Waals surface area contributed by atoms with Crippen molar-refractivity contribution in [3.8, 4) is 16.9 Å². The topological polar surface area (TPSA) is 65.4 Å². The van der Waals surface area contributed by atoms with Gasteiger partial charge in [-0.15, -0.1) is 0 Å². The highest BCUT2D eigenvalue weighted by Gasteiger charge is 2.45. The van der Waals surface area contributed by atoms with E-state index in [1.807, 2.05) is 55.5 Å². The lowest BCUT2D eigenvalue weighted by atomic mass is 9.91. The Hall–Kier alpha value is -2.82. The average Bonchev–Trinajstić information content (AvgIpc) is 2.84. The summed E-state index contributed by atoms with van der Waals surface area (Å²) >= 11 is 0. The molecule has 5 heteroatoms. The standard InChI is InChI=1S/C22H27N3O2/c1-15(2)13-22(3)20(26)25(21(23)24-22)14-16-8-10-17(11-9-16)18-6-5-7-19(12-18)27-4/h5-12,15H,13-14H2,1-4H3,(H2,23,24). The van der Waals surface area contributed by atoms with Crippen molar-refractivity contribution in [3.63, 3.8) is 0 Å². The molecule has 1 unspecified atom stereocenters. The van der Waals surface area contributed by atoms with Gasteiger partial charge in [-0.25, -0.2) is 0 Å². The molecule has 142 valence electrons. The maximum atomic E-state index is 12.8. The molecule has 1 saturated heterocycles. The molecule has 5 nitrogen and oxygen atoms in total. The van der Waals surface area contributed by atoms with Crippen LogP contribution in [0.4, 0.5) is 0 Å². The number of rotatable bonds is 6. The van der Waals surface area contributed by atoms with Gasteiger partial charge in [-0.1, -0.05) is 50.2 Å². The highest BCUT2D eigenvalue weighted by atomic mass is 16.5. The smallest absolute Gasteiger partial charge is 0.255 e. The zero-order valence-electron chi connectivity index (χ0n) is 16.4. The quantitative estimate of drug-likeness (QED) is 0.812. The van der Waals surface area contributed by atoms with E-state index in [1.165, 1.54) is 4.90 Å². The first-order chi connectivity index (χ1) is 12.8. The van der Waals surface area contributed by atoms with Gasteiger partial charge >= 0.3 is 0 Å². The van der Waals surface area contributed by atoms with Crippen molar-refractivity contribution in [1.82, 2.24) is 10.2 Å². The molecule has 2 aromatic rings. The summed E-state index contributed by atoms with van der Waals surface area (Å²) in [6.45, 7) is 6.46. The molecule has 0 aromatic heterocycles. The zero-order chi connectivity index (χ0) is 19.6. The van der Waals surface area contributed by atoms with Gasteiger partial charge in [-0.2, -0.15) is 0 Å². The molecule has 1 aliphatic heterocycles. The molecule has 3 rings (SSSR count). The van der Waals surface area contributed by atoms with E-state index in [0.717, 1.165) is 22.4 Å². The second kappa shape index (κ2) is 7.43. The second-order valence-corrected chi connectivity index (χ2v) is 7.72. The Bertz CT molecular complexity index is 845. The minimum absolute atomic E-state index is 0.0296. The summed E-state index contributed by atoms with van der Waals surface area (Å²) in [5, 5.41) is 11.3. The first kappa shape index (κ1) is 19.0. The van der Waals surface area contributed by atoms with E-state index in [2.05, 4.69) is 19.2 Å². The number of hydrogen-bond acceptors (Lipinski definition) is 3. The van der Waals surface area contributed by atoms with Gasteiger partial charge in [-0.3, -0.25) is 15.1 Å². The minimum Gasteiger partial charge on any atom is -0.497 e. The number of amides is 1. The number of benzene rings is 2. The minimum atomic E-state index is -0.689. The molecule has 27 heavy (non-hydrogen) atoms. The van der Waals surface area contributed by atoms with E-state index in [1.54, 1.807) is 7.11 Å². The number of hydrogen-bond donors (Lipinski definition) is 2. The van der Waals surface area contributed by atoms with Crippen molar-refractivity contribution >= 4 is 11.9 Å². The highest BCUT2D eigenvalue weighted by molar-refractivity contribution is 6.07. The fraction of sp³-hybridized carbons (Fsp3) is 0.364. The molecule has 1 fully saturated rings. The lowest BCUT2D eigenvalue weighted by Gasteiger charge is -2.24. The van der Waals surface area contributed by atoms with Crippen molar-refractivity contribution in [2.45, 2.75) is 39.3 Å². The molecular formula is C22H27N3O2. The number of nitrogens with one attached hydrogen (secondary N) is 2. The van der Waals surface area contributed by atoms with E-state index in [9.17, 15) is 4.79 Å². The number of guanidine groups is 1. The van der Waals surface area contributed by atoms with Crippen LogP contribution in [0.5, 0.6) is 5.75 Å². The molecule has 2 N–H and O–H groups in total. The van der Waals surface area contributed by atoms with Gasteiger partial charge in [0.2, 0.25) is 0 Å². The Kier molecular flexibility index (Phi) is 5.22. The molecule has 1 amide bonds. The molecule has 1 atom stereocenters. The Morgan fingerprint density at radius 1 is 1.15 bits per heavy atom. The maximum Gasteiger partial charge on any atom is 0.255 e. The van der Waals surface area contributed by atoms with Crippen LogP contribution in [-0.2, 0) is 11.3 Å². The third kappa shape index (κ3) is 3.97. The van der Waals surface area contributed by atoms with Crippen molar-refractivity contribution in [1.29, 1.82) is 5.41 Å². The predicted octanol–water partition coefficient (Wildman–Crippen LogP) is 4.03. The van der Waals surface area contributed by atoms with Crippen molar-refractivity contribution in [2.75, 3.05) is 7.11 Å². The summed E-state index contributed by atoms with van der Waals surface area (Å²) in [7, 11) is 1.66. The van der Waals surface area contributed by atoms with Crippen LogP contribution in [0.25, 0.3) is 11.1 Å². The normalized spacial score (nSPS) is 19.5. The van der Waals surface area contributed by atoms with Gasteiger partial charge in [0.25, 0.3) is 5.91 Å². The molecule has 2 aromatic carbocycles. The molecule has 1 heterocycles. The number of carbonyl (C=O) groups excluding carboxylic acids is 1. The maximum absolute atomic E-state index is 12.8. The van der Waals surface area contributed by atoms with Gasteiger partial charge in [0.15, 0.2) is 5.96 Å². The van der Waals surface area contributed by atoms with Crippen LogP contribution in [0.2, 0.25) is 0 Å². The lowest BCUT2D eigenvalue weighted by Crippen LogP contribution is -2.44. The first-order valence-electron chi connectivity index (χ1n) is 9.24. The molecule has 0 bridgehead atoms. The van der Waals surface area contributed by atoms with Crippen molar-refractivity contribution in [3.05, 3.63) is 54.1 Å². The number of carbonyl (C=O) groups is 1. The van der Waals surface area contributed by atoms with Gasteiger partial charge in [0, 0.05) is 0 Å². The summed E-state index contributed by atoms with van der Waals surface area (Å²) in [4.78, 5) is 14.4. The van der Waals surface area contributed by atoms with Crippen LogP contribution in [0.3, 0.4) is 0 Å². The van der Waals surface area contributed by atoms with E-state index < -0.39 is 5.54 Å². The molecule has 0 aliphatic carbocycles. The van der Waals surface area contributed by atoms with Gasteiger partial charge in [0.1, 0.15) is 11.3 Å². The fourth-order valence-electron chi connectivity index (χ4n) is 3.68. The average molecular weight is 365 g/mol. The molecule has 0 spiro atoms. The largest absolute Gasteiger partial charge is 0.497 e. The summed E-state index contributed by atoms with van der Waals surface area (Å²) in [6.07, 6.45) is 0.708. The van der Waals surface area contributed by atoms with E-state index >= 15 is 0 Å². The van der Waals surface area contributed by atoms with Crippen LogP contribution in [0.1, 0.15) is 32.8 Å². The summed E-state index contributed by atoms with van der Waals surface area (Å²) in [5.41, 5.74) is 2.47. The summed E-state index contributed by atoms with van der Waals surface area (Å²) in [6, 6.07) is 16.0. The molecule has 0 radical (unpaired) electrons. The Labute approximate surface area is 160 Å². The molecular weight excluding hydrogens is 338 g/mol. The number of nitrogens with zero attached hydrogens (tertiary/aromatic N) is 1. The number of ether oxygens (including phenoxy) is 1. The van der Waals surface area contributed by atoms with E-state index in [0.29, 0.717) is 18.9 Å². The van der Waals surface area contributed by atoms with Crippen LogP contribution in [0, 0.1) is 11.3 Å². The summed E-state index contributed by atoms with van der Waals surface area (Å²) < 4.78 is 5.28. The van der Waals surface area contributed by atoms with Crippen LogP contribution >= 0.6 is 0 Å². The Morgan fingerprint density at radius 2 is 1.85 bits per heavy atom. The monoisotopic (exact) mass is 365 g/mol. The van der Waals surface area contributed by atoms with E-state index in [4.69, 9.17) is 10.1 Å². The third-order valence-electron chi connectivity index (χ3n) is 4.90. The van der Waals surface area contributed by atoms with Crippen molar-refractivity contribution in [2.24, 2.45) is 5.92 Å². The summed E-state index contributed by atoms with van der Waals surface area (Å²) in [5.74, 6) is 1.35. The third-order valence-corrected chi connectivity index (χ3v) is 4.90. The first-order valence-corrected chi connectivity index (χ1v) is 9.24. The van der Waals surface area contributed by atoms with Crippen LogP contribution in [0.15, 0.2) is 48.5 Å². The number of methoxy groups -OCH3 is 1. The lowest BCUT2D eigenvalue weighted by molar-refractivity contribution is -0.131. The fourth-order valence-corrected chi connectivity index (χ4v) is 3.68. The van der Waals surface area contributed by atoms with Crippen LogP contribution < -0.4 is 10.1 Å². The Balaban J connectivity index is 1.75. The Morgan fingerprint density at radius 3 is 2.48 bits per heavy atom. The highest BCUT2D eigenvalue weighted by Crippen LogP contribution is 2.27. The SMILES string of the molecule is COc1cccc(-c2ccc(CN3C(=N)NC(C)(CC(C)C)C3=O)cc2)c1. The predicted molar refractivity (Wildman–Crippen MR) is 108 cm³/mol. The van der Waals surface area contributed by atoms with E-state index in [-0.39, 0.29) is 11.9 Å². The van der Waals surface area contributed by atoms with Crippen LogP contribution in [-0.4, -0.2) is 29.4 Å².